The summed E-state index contributed by atoms with van der Waals surface area (Å²) < 4.78 is 27.2. The summed E-state index contributed by atoms with van der Waals surface area (Å²) in [4.78, 5) is 0. The fourth-order valence-corrected chi connectivity index (χ4v) is 2.68. The normalized spacial score (nSPS) is 12.4. The van der Waals surface area contributed by atoms with Gasteiger partial charge in [-0.05, 0) is 58.3 Å². The molecule has 1 unspecified atom stereocenters. The third kappa shape index (κ3) is 3.49. The summed E-state index contributed by atoms with van der Waals surface area (Å²) in [6.07, 6.45) is 0.494. The van der Waals surface area contributed by atoms with E-state index in [1.807, 2.05) is 24.3 Å². The average molecular weight is 374 g/mol. The second kappa shape index (κ2) is 6.40. The number of benzene rings is 2. The van der Waals surface area contributed by atoms with Crippen molar-refractivity contribution in [2.75, 3.05) is 0 Å². The molecule has 2 aromatic carbocycles. The first-order valence-corrected chi connectivity index (χ1v) is 6.84. The molecular formula is C14H13F2IN2. The number of hydrogen-bond acceptors (Lipinski definition) is 2. The monoisotopic (exact) mass is 374 g/mol. The maximum Gasteiger partial charge on any atom is 0.159 e. The van der Waals surface area contributed by atoms with E-state index in [9.17, 15) is 8.78 Å². The first-order valence-electron chi connectivity index (χ1n) is 5.76. The highest BCUT2D eigenvalue weighted by atomic mass is 127. The van der Waals surface area contributed by atoms with Gasteiger partial charge in [0.15, 0.2) is 11.6 Å². The van der Waals surface area contributed by atoms with Crippen LogP contribution in [0.5, 0.6) is 0 Å². The maximum absolute atomic E-state index is 13.2. The van der Waals surface area contributed by atoms with Crippen LogP contribution in [0, 0.1) is 15.2 Å². The Kier molecular flexibility index (Phi) is 4.84. The van der Waals surface area contributed by atoms with Gasteiger partial charge in [0.2, 0.25) is 0 Å². The van der Waals surface area contributed by atoms with Gasteiger partial charge in [-0.15, -0.1) is 0 Å². The Morgan fingerprint density at radius 3 is 2.47 bits per heavy atom. The van der Waals surface area contributed by atoms with Crippen molar-refractivity contribution in [3.05, 3.63) is 68.8 Å². The Morgan fingerprint density at radius 1 is 1.11 bits per heavy atom. The topological polar surface area (TPSA) is 38.0 Å². The number of hydrazine groups is 1. The smallest absolute Gasteiger partial charge is 0.159 e. The Hall–Kier alpha value is -1.05. The lowest BCUT2D eigenvalue weighted by molar-refractivity contribution is 0.502. The van der Waals surface area contributed by atoms with Crippen LogP contribution in [0.2, 0.25) is 0 Å². The first-order chi connectivity index (χ1) is 9.11. The molecule has 19 heavy (non-hydrogen) atoms. The van der Waals surface area contributed by atoms with Crippen LogP contribution in [-0.2, 0) is 6.42 Å². The van der Waals surface area contributed by atoms with Crippen molar-refractivity contribution in [1.29, 1.82) is 0 Å². The Labute approximate surface area is 124 Å². The van der Waals surface area contributed by atoms with Crippen LogP contribution >= 0.6 is 22.6 Å². The number of nitrogens with two attached hydrogens (primary N) is 1. The summed E-state index contributed by atoms with van der Waals surface area (Å²) in [5, 5.41) is 0. The molecule has 1 atom stereocenters. The maximum atomic E-state index is 13.2. The third-order valence-electron chi connectivity index (χ3n) is 2.91. The predicted octanol–water partition coefficient (Wildman–Crippen LogP) is 3.32. The number of halogens is 3. The predicted molar refractivity (Wildman–Crippen MR) is 79.3 cm³/mol. The van der Waals surface area contributed by atoms with Crippen LogP contribution in [0.15, 0.2) is 42.5 Å². The zero-order chi connectivity index (χ0) is 13.8. The van der Waals surface area contributed by atoms with Crippen LogP contribution in [0.25, 0.3) is 0 Å². The molecule has 100 valence electrons. The second-order valence-electron chi connectivity index (χ2n) is 4.19. The lowest BCUT2D eigenvalue weighted by atomic mass is 9.99. The van der Waals surface area contributed by atoms with E-state index in [0.717, 1.165) is 15.2 Å². The summed E-state index contributed by atoms with van der Waals surface area (Å²) in [7, 11) is 0. The van der Waals surface area contributed by atoms with Gasteiger partial charge in [-0.1, -0.05) is 24.3 Å². The Morgan fingerprint density at radius 2 is 1.84 bits per heavy atom. The van der Waals surface area contributed by atoms with Gasteiger partial charge < -0.3 is 0 Å². The van der Waals surface area contributed by atoms with Gasteiger partial charge in [-0.25, -0.2) is 8.78 Å². The van der Waals surface area contributed by atoms with Crippen molar-refractivity contribution in [1.82, 2.24) is 5.43 Å². The fraction of sp³-hybridized carbons (Fsp3) is 0.143. The van der Waals surface area contributed by atoms with Gasteiger partial charge in [-0.3, -0.25) is 11.3 Å². The van der Waals surface area contributed by atoms with Crippen LogP contribution < -0.4 is 11.3 Å². The molecule has 0 amide bonds. The number of rotatable bonds is 4. The van der Waals surface area contributed by atoms with Gasteiger partial charge in [0, 0.05) is 3.57 Å². The van der Waals surface area contributed by atoms with Gasteiger partial charge in [0.1, 0.15) is 0 Å². The number of nitrogens with one attached hydrogen (secondary N) is 1. The molecule has 2 nitrogen and oxygen atoms in total. The van der Waals surface area contributed by atoms with Crippen molar-refractivity contribution >= 4 is 22.6 Å². The van der Waals surface area contributed by atoms with Crippen LogP contribution in [-0.4, -0.2) is 0 Å². The third-order valence-corrected chi connectivity index (χ3v) is 3.89. The van der Waals surface area contributed by atoms with Crippen molar-refractivity contribution < 1.29 is 8.78 Å². The minimum atomic E-state index is -0.838. The summed E-state index contributed by atoms with van der Waals surface area (Å²) in [5.74, 6) is 3.89. The van der Waals surface area contributed by atoms with Crippen molar-refractivity contribution in [3.63, 3.8) is 0 Å². The lowest BCUT2D eigenvalue weighted by Crippen LogP contribution is -2.30. The molecule has 0 spiro atoms. The summed E-state index contributed by atoms with van der Waals surface area (Å²) in [6.45, 7) is 0. The summed E-state index contributed by atoms with van der Waals surface area (Å²) >= 11 is 2.22. The highest BCUT2D eigenvalue weighted by Crippen LogP contribution is 2.23. The zero-order valence-electron chi connectivity index (χ0n) is 10.0. The minimum absolute atomic E-state index is 0.141. The van der Waals surface area contributed by atoms with Gasteiger partial charge in [0.25, 0.3) is 0 Å². The van der Waals surface area contributed by atoms with Crippen molar-refractivity contribution in [2.45, 2.75) is 12.5 Å². The lowest BCUT2D eigenvalue weighted by Gasteiger charge is -2.18. The van der Waals surface area contributed by atoms with Crippen molar-refractivity contribution in [3.8, 4) is 0 Å². The van der Waals surface area contributed by atoms with E-state index in [4.69, 9.17) is 5.84 Å². The second-order valence-corrected chi connectivity index (χ2v) is 5.36. The zero-order valence-corrected chi connectivity index (χ0v) is 12.2. The molecule has 0 saturated carbocycles. The number of hydrogen-bond donors (Lipinski definition) is 2. The van der Waals surface area contributed by atoms with E-state index in [0.29, 0.717) is 12.0 Å². The van der Waals surface area contributed by atoms with E-state index >= 15 is 0 Å². The van der Waals surface area contributed by atoms with E-state index in [1.54, 1.807) is 6.07 Å². The molecule has 2 rings (SSSR count). The molecule has 0 radical (unpaired) electrons. The Bertz CT molecular complexity index is 575. The van der Waals surface area contributed by atoms with E-state index in [1.165, 1.54) is 6.07 Å². The van der Waals surface area contributed by atoms with Gasteiger partial charge in [0.05, 0.1) is 6.04 Å². The molecule has 5 heteroatoms. The highest BCUT2D eigenvalue weighted by molar-refractivity contribution is 14.1. The minimum Gasteiger partial charge on any atom is -0.271 e. The van der Waals surface area contributed by atoms with Crippen molar-refractivity contribution in [2.24, 2.45) is 5.84 Å². The molecule has 0 aliphatic rings. The molecule has 0 aliphatic heterocycles. The van der Waals surface area contributed by atoms with Gasteiger partial charge >= 0.3 is 0 Å². The van der Waals surface area contributed by atoms with Crippen LogP contribution in [0.4, 0.5) is 8.78 Å². The molecule has 0 aliphatic carbocycles. The summed E-state index contributed by atoms with van der Waals surface area (Å²) in [5.41, 5.74) is 4.45. The van der Waals surface area contributed by atoms with E-state index in [-0.39, 0.29) is 6.04 Å². The molecule has 3 N–H and O–H groups in total. The fourth-order valence-electron chi connectivity index (χ4n) is 1.92. The molecule has 2 aromatic rings. The molecule has 0 fully saturated rings. The molecule has 0 bridgehead atoms. The SMILES string of the molecule is NNC(Cc1ccc(F)c(F)c1)c1ccccc1I. The molecule has 0 aromatic heterocycles. The van der Waals surface area contributed by atoms with E-state index in [2.05, 4.69) is 28.0 Å². The average Bonchev–Trinajstić information content (AvgIpc) is 2.41. The molecule has 0 saturated heterocycles. The van der Waals surface area contributed by atoms with E-state index < -0.39 is 11.6 Å². The first kappa shape index (κ1) is 14.4. The quantitative estimate of drug-likeness (QED) is 0.490. The highest BCUT2D eigenvalue weighted by Gasteiger charge is 2.14. The standard InChI is InChI=1S/C14H13F2IN2/c15-11-6-5-9(7-12(11)16)8-14(19-18)10-3-1-2-4-13(10)17/h1-7,14,19H,8,18H2. The Balaban J connectivity index is 2.24. The van der Waals surface area contributed by atoms with Gasteiger partial charge in [-0.2, -0.15) is 0 Å². The summed E-state index contributed by atoms with van der Waals surface area (Å²) in [6, 6.07) is 11.6. The van der Waals surface area contributed by atoms with Crippen LogP contribution in [0.1, 0.15) is 17.2 Å². The van der Waals surface area contributed by atoms with Crippen LogP contribution in [0.3, 0.4) is 0 Å². The molecule has 0 heterocycles. The molecular weight excluding hydrogens is 361 g/mol. The largest absolute Gasteiger partial charge is 0.271 e.